The number of fused-ring (bicyclic) bond motifs is 1. The Balaban J connectivity index is 1.53. The van der Waals surface area contributed by atoms with Crippen LogP contribution in [0.25, 0.3) is 0 Å². The topological polar surface area (TPSA) is 46.1 Å². The van der Waals surface area contributed by atoms with Gasteiger partial charge >= 0.3 is 0 Å². The summed E-state index contributed by atoms with van der Waals surface area (Å²) >= 11 is 0. The molecular weight excluding hydrogens is 330 g/mol. The molecule has 0 amide bonds. The van der Waals surface area contributed by atoms with Crippen molar-refractivity contribution in [3.05, 3.63) is 47.3 Å². The molecule has 1 aromatic heterocycles. The maximum Gasteiger partial charge on any atom is 0.225 e. The molecule has 0 saturated carbocycles. The summed E-state index contributed by atoms with van der Waals surface area (Å²) in [6.45, 7) is 6.57. The van der Waals surface area contributed by atoms with Gasteiger partial charge in [0.25, 0.3) is 0 Å². The minimum atomic E-state index is -0.896. The van der Waals surface area contributed by atoms with Gasteiger partial charge in [0.2, 0.25) is 5.95 Å². The zero-order valence-corrected chi connectivity index (χ0v) is 15.8. The lowest BCUT2D eigenvalue weighted by Crippen LogP contribution is -2.42. The molecule has 1 atom stereocenters. The number of hydrogen-bond acceptors (Lipinski definition) is 4. The minimum Gasteiger partial charge on any atom is -0.341 e. The van der Waals surface area contributed by atoms with Gasteiger partial charge in [-0.3, -0.25) is 4.21 Å². The number of nitrogens with zero attached hydrogens (tertiary/aromatic N) is 3. The molecule has 25 heavy (non-hydrogen) atoms. The second kappa shape index (κ2) is 6.52. The van der Waals surface area contributed by atoms with Gasteiger partial charge in [-0.15, -0.1) is 0 Å². The first-order valence-electron chi connectivity index (χ1n) is 9.18. The van der Waals surface area contributed by atoms with Crippen LogP contribution in [0.1, 0.15) is 43.5 Å². The number of rotatable bonds is 3. The highest BCUT2D eigenvalue weighted by molar-refractivity contribution is 7.85. The molecule has 1 aromatic carbocycles. The number of piperidine rings is 1. The van der Waals surface area contributed by atoms with Crippen molar-refractivity contribution in [1.82, 2.24) is 9.97 Å². The highest BCUT2D eigenvalue weighted by Crippen LogP contribution is 2.38. The Bertz CT molecular complexity index is 812. The minimum absolute atomic E-state index is 0.224. The Morgan fingerprint density at radius 1 is 1.24 bits per heavy atom. The molecule has 2 aromatic rings. The van der Waals surface area contributed by atoms with E-state index in [2.05, 4.69) is 48.0 Å². The van der Waals surface area contributed by atoms with Gasteiger partial charge in [0.15, 0.2) is 0 Å². The van der Waals surface area contributed by atoms with E-state index in [0.717, 1.165) is 55.3 Å². The maximum atomic E-state index is 11.9. The van der Waals surface area contributed by atoms with Crippen LogP contribution in [0.2, 0.25) is 0 Å². The largest absolute Gasteiger partial charge is 0.341 e. The fraction of sp³-hybridized carbons (Fsp3) is 0.500. The predicted octanol–water partition coefficient (Wildman–Crippen LogP) is 3.26. The first-order chi connectivity index (χ1) is 12.1. The molecule has 2 aliphatic rings. The highest BCUT2D eigenvalue weighted by Gasteiger charge is 2.34. The van der Waals surface area contributed by atoms with Gasteiger partial charge < -0.3 is 4.90 Å². The van der Waals surface area contributed by atoms with E-state index in [0.29, 0.717) is 5.75 Å². The molecule has 0 radical (unpaired) electrons. The van der Waals surface area contributed by atoms with Crippen molar-refractivity contribution in [1.29, 1.82) is 0 Å². The molecular formula is C20H25N3OS. The van der Waals surface area contributed by atoms with E-state index in [-0.39, 0.29) is 5.41 Å². The lowest BCUT2D eigenvalue weighted by atomic mass is 9.72. The third kappa shape index (κ3) is 2.99. The van der Waals surface area contributed by atoms with Crippen molar-refractivity contribution in [2.75, 3.05) is 23.7 Å². The van der Waals surface area contributed by atoms with Crippen LogP contribution in [0.5, 0.6) is 0 Å². The van der Waals surface area contributed by atoms with E-state index in [4.69, 9.17) is 4.98 Å². The summed E-state index contributed by atoms with van der Waals surface area (Å²) in [7, 11) is -0.896. The second-order valence-electron chi connectivity index (χ2n) is 7.34. The monoisotopic (exact) mass is 355 g/mol. The Morgan fingerprint density at radius 2 is 2.00 bits per heavy atom. The standard InChI is InChI=1S/C20H25N3OS/c1-3-15-6-4-5-7-16(15)20(2)9-11-23(12-10-20)19-21-14-18-17(22-19)8-13-25(18)24/h4-7,14H,3,8-13H2,1-2H3. The average Bonchev–Trinajstić information content (AvgIpc) is 3.03. The quantitative estimate of drug-likeness (QED) is 0.848. The van der Waals surface area contributed by atoms with Crippen molar-refractivity contribution in [3.63, 3.8) is 0 Å². The molecule has 1 unspecified atom stereocenters. The van der Waals surface area contributed by atoms with Crippen molar-refractivity contribution in [2.24, 2.45) is 0 Å². The molecule has 0 N–H and O–H groups in total. The van der Waals surface area contributed by atoms with Gasteiger partial charge in [-0.25, -0.2) is 9.97 Å². The molecule has 2 aliphatic heterocycles. The van der Waals surface area contributed by atoms with Crippen LogP contribution < -0.4 is 4.90 Å². The van der Waals surface area contributed by atoms with Crippen molar-refractivity contribution < 1.29 is 4.21 Å². The summed E-state index contributed by atoms with van der Waals surface area (Å²) in [6.07, 6.45) is 5.89. The second-order valence-corrected chi connectivity index (χ2v) is 8.88. The average molecular weight is 356 g/mol. The maximum absolute atomic E-state index is 11.9. The van der Waals surface area contributed by atoms with Gasteiger partial charge in [-0.05, 0) is 35.8 Å². The van der Waals surface area contributed by atoms with Crippen molar-refractivity contribution >= 4 is 16.7 Å². The molecule has 0 spiro atoms. The third-order valence-corrected chi connectivity index (χ3v) is 7.19. The Kier molecular flexibility index (Phi) is 4.36. The summed E-state index contributed by atoms with van der Waals surface area (Å²) in [4.78, 5) is 12.3. The summed E-state index contributed by atoms with van der Waals surface area (Å²) < 4.78 is 11.9. The van der Waals surface area contributed by atoms with Gasteiger partial charge in [-0.2, -0.15) is 0 Å². The number of benzene rings is 1. The smallest absolute Gasteiger partial charge is 0.225 e. The normalized spacial score (nSPS) is 22.0. The molecule has 0 bridgehead atoms. The zero-order valence-electron chi connectivity index (χ0n) is 15.0. The Morgan fingerprint density at radius 3 is 2.76 bits per heavy atom. The van der Waals surface area contributed by atoms with Gasteiger partial charge in [0, 0.05) is 31.5 Å². The summed E-state index contributed by atoms with van der Waals surface area (Å²) in [5, 5.41) is 0. The van der Waals surface area contributed by atoms with Crippen LogP contribution in [-0.4, -0.2) is 33.0 Å². The third-order valence-electron chi connectivity index (χ3n) is 5.78. The van der Waals surface area contributed by atoms with Gasteiger partial charge in [0.1, 0.15) is 0 Å². The van der Waals surface area contributed by atoms with Crippen LogP contribution >= 0.6 is 0 Å². The number of anilines is 1. The molecule has 5 heteroatoms. The van der Waals surface area contributed by atoms with E-state index in [1.165, 1.54) is 11.1 Å². The van der Waals surface area contributed by atoms with Crippen LogP contribution in [0.4, 0.5) is 5.95 Å². The number of aromatic nitrogens is 2. The lowest BCUT2D eigenvalue weighted by molar-refractivity contribution is 0.357. The SMILES string of the molecule is CCc1ccccc1C1(C)CCN(c2ncc3c(n2)CCS3=O)CC1. The number of hydrogen-bond donors (Lipinski definition) is 0. The molecule has 0 aliphatic carbocycles. The first-order valence-corrected chi connectivity index (χ1v) is 10.5. The fourth-order valence-corrected chi connectivity index (χ4v) is 5.28. The fourth-order valence-electron chi connectivity index (χ4n) is 4.10. The van der Waals surface area contributed by atoms with Gasteiger partial charge in [0.05, 0.1) is 21.4 Å². The van der Waals surface area contributed by atoms with Gasteiger partial charge in [-0.1, -0.05) is 38.1 Å². The first kappa shape index (κ1) is 16.7. The van der Waals surface area contributed by atoms with Crippen LogP contribution in [-0.2, 0) is 29.1 Å². The molecule has 1 fully saturated rings. The van der Waals surface area contributed by atoms with E-state index in [9.17, 15) is 4.21 Å². The molecule has 132 valence electrons. The van der Waals surface area contributed by atoms with Crippen molar-refractivity contribution in [2.45, 2.75) is 49.8 Å². The Hall–Kier alpha value is -1.75. The summed E-state index contributed by atoms with van der Waals surface area (Å²) in [6, 6.07) is 8.87. The van der Waals surface area contributed by atoms with Crippen LogP contribution in [0.15, 0.2) is 35.4 Å². The molecule has 1 saturated heterocycles. The molecule has 3 heterocycles. The lowest BCUT2D eigenvalue weighted by Gasteiger charge is -2.40. The Labute approximate surface area is 152 Å². The van der Waals surface area contributed by atoms with Crippen LogP contribution in [0, 0.1) is 0 Å². The molecule has 4 rings (SSSR count). The van der Waals surface area contributed by atoms with E-state index in [1.807, 2.05) is 0 Å². The van der Waals surface area contributed by atoms with Crippen molar-refractivity contribution in [3.8, 4) is 0 Å². The number of aryl methyl sites for hydroxylation is 2. The molecule has 4 nitrogen and oxygen atoms in total. The zero-order chi connectivity index (χ0) is 17.4. The summed E-state index contributed by atoms with van der Waals surface area (Å²) in [5.41, 5.74) is 4.17. The van der Waals surface area contributed by atoms with E-state index >= 15 is 0 Å². The van der Waals surface area contributed by atoms with E-state index in [1.54, 1.807) is 6.20 Å². The van der Waals surface area contributed by atoms with Crippen LogP contribution in [0.3, 0.4) is 0 Å². The highest BCUT2D eigenvalue weighted by atomic mass is 32.2. The predicted molar refractivity (Wildman–Crippen MR) is 102 cm³/mol. The van der Waals surface area contributed by atoms with E-state index < -0.39 is 10.8 Å². The summed E-state index contributed by atoms with van der Waals surface area (Å²) in [5.74, 6) is 1.50.